The van der Waals surface area contributed by atoms with Crippen LogP contribution in [0.4, 0.5) is 19.0 Å². The van der Waals surface area contributed by atoms with E-state index in [0.717, 1.165) is 31.0 Å². The second-order valence-corrected chi connectivity index (χ2v) is 10.6. The molecule has 3 aromatic heterocycles. The van der Waals surface area contributed by atoms with Gasteiger partial charge in [-0.1, -0.05) is 24.2 Å². The van der Waals surface area contributed by atoms with Crippen LogP contribution in [0.3, 0.4) is 0 Å². The Balaban J connectivity index is 1.14. The Morgan fingerprint density at radius 1 is 1.02 bits per heavy atom. The van der Waals surface area contributed by atoms with Crippen molar-refractivity contribution < 1.29 is 22.6 Å². The Morgan fingerprint density at radius 3 is 2.54 bits per heavy atom. The Morgan fingerprint density at radius 2 is 1.83 bits per heavy atom. The van der Waals surface area contributed by atoms with E-state index < -0.39 is 17.5 Å². The van der Waals surface area contributed by atoms with Crippen LogP contribution in [0.1, 0.15) is 42.3 Å². The number of imidazole rings is 1. The van der Waals surface area contributed by atoms with E-state index in [1.807, 2.05) is 4.57 Å². The van der Waals surface area contributed by atoms with Gasteiger partial charge in [-0.2, -0.15) is 0 Å². The van der Waals surface area contributed by atoms with Crippen LogP contribution in [0.15, 0.2) is 30.3 Å². The SMILES string of the molecule is [C-]#[N+]c1cc2nc(CN3CCC(c4nc(OCc5ccc(Cl)cc5F)c(F)cc4F)CC3)n(C[C@@H]3CCO3)c2nn1. The van der Waals surface area contributed by atoms with E-state index in [4.69, 9.17) is 32.6 Å². The summed E-state index contributed by atoms with van der Waals surface area (Å²) in [6.07, 6.45) is 2.22. The molecule has 9 nitrogen and oxygen atoms in total. The summed E-state index contributed by atoms with van der Waals surface area (Å²) in [4.78, 5) is 14.5. The number of hydrogen-bond donors (Lipinski definition) is 0. The molecule has 2 aliphatic heterocycles. The first-order valence-electron chi connectivity index (χ1n) is 13.2. The van der Waals surface area contributed by atoms with E-state index in [-0.39, 0.29) is 46.6 Å². The predicted molar refractivity (Wildman–Crippen MR) is 143 cm³/mol. The molecule has 4 aromatic rings. The average Bonchev–Trinajstić information content (AvgIpc) is 3.27. The lowest BCUT2D eigenvalue weighted by atomic mass is 9.92. The van der Waals surface area contributed by atoms with Crippen molar-refractivity contribution >= 4 is 28.6 Å². The van der Waals surface area contributed by atoms with E-state index in [9.17, 15) is 13.2 Å². The van der Waals surface area contributed by atoms with Gasteiger partial charge in [-0.25, -0.2) is 23.1 Å². The normalized spacial score (nSPS) is 17.9. The molecule has 1 atom stereocenters. The van der Waals surface area contributed by atoms with Gasteiger partial charge in [-0.05, 0) is 60.7 Å². The number of aromatic nitrogens is 5. The molecule has 6 rings (SSSR count). The maximum absolute atomic E-state index is 14.8. The number of piperidine rings is 1. The van der Waals surface area contributed by atoms with Crippen molar-refractivity contribution in [1.29, 1.82) is 0 Å². The smallest absolute Gasteiger partial charge is 0.298 e. The molecule has 41 heavy (non-hydrogen) atoms. The minimum absolute atomic E-state index is 0.0827. The van der Waals surface area contributed by atoms with E-state index in [0.29, 0.717) is 50.2 Å². The molecule has 0 bridgehead atoms. The summed E-state index contributed by atoms with van der Waals surface area (Å²) < 4.78 is 56.5. The first-order chi connectivity index (χ1) is 19.9. The third-order valence-corrected chi connectivity index (χ3v) is 7.73. The standard InChI is InChI=1S/C28H25ClF3N7O2/c1-33-24-12-23-27(37-36-24)39(13-19-6-9-40-19)25(34-23)14-38-7-4-16(5-8-38)26-21(31)11-22(32)28(35-26)41-15-17-2-3-18(29)10-20(17)30/h2-3,10-12,16,19H,4-9,13-15H2/t19-/m0/s1. The number of ether oxygens (including phenoxy) is 2. The van der Waals surface area contributed by atoms with Crippen LogP contribution in [0.25, 0.3) is 16.0 Å². The highest BCUT2D eigenvalue weighted by atomic mass is 35.5. The van der Waals surface area contributed by atoms with Crippen molar-refractivity contribution in [2.45, 2.75) is 51.0 Å². The first kappa shape index (κ1) is 27.4. The third kappa shape index (κ3) is 5.84. The lowest BCUT2D eigenvalue weighted by molar-refractivity contribution is -0.0593. The van der Waals surface area contributed by atoms with Crippen molar-refractivity contribution in [3.05, 3.63) is 81.3 Å². The molecular weight excluding hydrogens is 559 g/mol. The summed E-state index contributed by atoms with van der Waals surface area (Å²) in [5.74, 6) is -1.90. The number of pyridine rings is 1. The van der Waals surface area contributed by atoms with Crippen LogP contribution in [-0.4, -0.2) is 55.4 Å². The van der Waals surface area contributed by atoms with Crippen LogP contribution in [0, 0.1) is 24.0 Å². The fourth-order valence-corrected chi connectivity index (χ4v) is 5.32. The topological polar surface area (TPSA) is 82.5 Å². The summed E-state index contributed by atoms with van der Waals surface area (Å²) in [5.41, 5.74) is 1.54. The first-order valence-corrected chi connectivity index (χ1v) is 13.6. The Bertz CT molecular complexity index is 1630. The predicted octanol–water partition coefficient (Wildman–Crippen LogP) is 5.59. The molecule has 0 aliphatic carbocycles. The molecule has 0 spiro atoms. The number of halogens is 4. The van der Waals surface area contributed by atoms with Gasteiger partial charge in [0.05, 0.1) is 24.9 Å². The molecule has 0 radical (unpaired) electrons. The molecule has 0 amide bonds. The van der Waals surface area contributed by atoms with Crippen molar-refractivity contribution in [2.24, 2.45) is 0 Å². The van der Waals surface area contributed by atoms with Crippen LogP contribution in [0.2, 0.25) is 5.02 Å². The number of nitrogens with zero attached hydrogens (tertiary/aromatic N) is 7. The third-order valence-electron chi connectivity index (χ3n) is 7.50. The van der Waals surface area contributed by atoms with E-state index in [2.05, 4.69) is 24.9 Å². The van der Waals surface area contributed by atoms with Gasteiger partial charge in [-0.15, -0.1) is 0 Å². The molecular formula is C28H25ClF3N7O2. The van der Waals surface area contributed by atoms with Crippen LogP contribution < -0.4 is 4.74 Å². The largest absolute Gasteiger partial charge is 0.471 e. The van der Waals surface area contributed by atoms with Crippen molar-refractivity contribution in [1.82, 2.24) is 29.6 Å². The van der Waals surface area contributed by atoms with E-state index >= 15 is 0 Å². The fraction of sp³-hybridized carbons (Fsp3) is 0.393. The quantitative estimate of drug-likeness (QED) is 0.250. The zero-order chi connectivity index (χ0) is 28.5. The van der Waals surface area contributed by atoms with Crippen molar-refractivity contribution in [3.63, 3.8) is 0 Å². The highest BCUT2D eigenvalue weighted by Gasteiger charge is 2.28. The molecule has 2 saturated heterocycles. The minimum Gasteiger partial charge on any atom is -0.471 e. The molecule has 1 aromatic carbocycles. The van der Waals surface area contributed by atoms with Gasteiger partial charge in [0.1, 0.15) is 29.6 Å². The van der Waals surface area contributed by atoms with E-state index in [1.54, 1.807) is 6.07 Å². The lowest BCUT2D eigenvalue weighted by Crippen LogP contribution is -2.35. The van der Waals surface area contributed by atoms with Gasteiger partial charge >= 0.3 is 0 Å². The highest BCUT2D eigenvalue weighted by Crippen LogP contribution is 2.32. The number of likely N-dealkylation sites (tertiary alicyclic amines) is 1. The number of fused-ring (bicyclic) bond motifs is 1. The Kier molecular flexibility index (Phi) is 7.75. The van der Waals surface area contributed by atoms with Gasteiger partial charge in [0.2, 0.25) is 5.65 Å². The van der Waals surface area contributed by atoms with Gasteiger partial charge in [0, 0.05) is 29.2 Å². The maximum Gasteiger partial charge on any atom is 0.298 e. The fourth-order valence-electron chi connectivity index (χ4n) is 5.16. The monoisotopic (exact) mass is 583 g/mol. The molecule has 2 aliphatic rings. The molecule has 0 unspecified atom stereocenters. The average molecular weight is 584 g/mol. The molecule has 0 N–H and O–H groups in total. The van der Waals surface area contributed by atoms with Crippen molar-refractivity contribution in [2.75, 3.05) is 19.7 Å². The zero-order valence-electron chi connectivity index (χ0n) is 21.9. The maximum atomic E-state index is 14.8. The van der Waals surface area contributed by atoms with Crippen LogP contribution in [0.5, 0.6) is 5.88 Å². The van der Waals surface area contributed by atoms with Crippen molar-refractivity contribution in [3.8, 4) is 5.88 Å². The molecule has 13 heteroatoms. The van der Waals surface area contributed by atoms with Gasteiger partial charge in [-0.3, -0.25) is 4.90 Å². The van der Waals surface area contributed by atoms with Gasteiger partial charge in [0.25, 0.3) is 11.7 Å². The van der Waals surface area contributed by atoms with E-state index in [1.165, 1.54) is 12.1 Å². The van der Waals surface area contributed by atoms with Crippen LogP contribution >= 0.6 is 11.6 Å². The Labute approximate surface area is 238 Å². The second-order valence-electron chi connectivity index (χ2n) is 10.2. The molecule has 212 valence electrons. The van der Waals surface area contributed by atoms with Gasteiger partial charge < -0.3 is 18.9 Å². The van der Waals surface area contributed by atoms with Gasteiger partial charge in [0.15, 0.2) is 5.82 Å². The summed E-state index contributed by atoms with van der Waals surface area (Å²) in [7, 11) is 0. The molecule has 0 saturated carbocycles. The number of benzene rings is 1. The van der Waals surface area contributed by atoms with Crippen LogP contribution in [-0.2, 0) is 24.4 Å². The summed E-state index contributed by atoms with van der Waals surface area (Å²) >= 11 is 5.78. The lowest BCUT2D eigenvalue weighted by Gasteiger charge is -2.32. The number of rotatable bonds is 8. The summed E-state index contributed by atoms with van der Waals surface area (Å²) in [6, 6.07) is 6.49. The summed E-state index contributed by atoms with van der Waals surface area (Å²) in [6.45, 7) is 10.1. The second kappa shape index (κ2) is 11.6. The molecule has 2 fully saturated rings. The Hall–Kier alpha value is -3.79. The molecule has 5 heterocycles. The zero-order valence-corrected chi connectivity index (χ0v) is 22.6. The highest BCUT2D eigenvalue weighted by molar-refractivity contribution is 6.30. The summed E-state index contributed by atoms with van der Waals surface area (Å²) in [5, 5.41) is 8.45. The number of hydrogen-bond acceptors (Lipinski definition) is 7. The minimum atomic E-state index is -0.947.